The van der Waals surface area contributed by atoms with Crippen LogP contribution in [0.2, 0.25) is 0 Å². The third kappa shape index (κ3) is 6.12. The number of hydrogen-bond acceptors (Lipinski definition) is 3. The summed E-state index contributed by atoms with van der Waals surface area (Å²) in [6.45, 7) is 15.4. The van der Waals surface area contributed by atoms with Gasteiger partial charge < -0.3 is 9.84 Å². The molecule has 0 heterocycles. The highest BCUT2D eigenvalue weighted by Gasteiger charge is 2.24. The van der Waals surface area contributed by atoms with Gasteiger partial charge in [-0.15, -0.1) is 0 Å². The Labute approximate surface area is 169 Å². The number of carbonyl (C=O) groups is 1. The van der Waals surface area contributed by atoms with E-state index in [2.05, 4.69) is 48.5 Å². The molecule has 2 aromatic carbocycles. The summed E-state index contributed by atoms with van der Waals surface area (Å²) in [4.78, 5) is 12.8. The Kier molecular flexibility index (Phi) is 6.59. The van der Waals surface area contributed by atoms with Crippen LogP contribution >= 0.6 is 0 Å². The molecule has 0 amide bonds. The highest BCUT2D eigenvalue weighted by Crippen LogP contribution is 2.32. The van der Waals surface area contributed by atoms with E-state index < -0.39 is 0 Å². The zero-order chi connectivity index (χ0) is 21.1. The lowest BCUT2D eigenvalue weighted by Gasteiger charge is -2.25. The Morgan fingerprint density at radius 2 is 1.64 bits per heavy atom. The second-order valence-corrected chi connectivity index (χ2v) is 10.0. The van der Waals surface area contributed by atoms with Gasteiger partial charge in [-0.25, -0.2) is 4.79 Å². The van der Waals surface area contributed by atoms with Crippen molar-refractivity contribution in [2.45, 2.75) is 60.3 Å². The molecule has 0 saturated carbocycles. The second kappa shape index (κ2) is 8.38. The van der Waals surface area contributed by atoms with Gasteiger partial charge in [0.25, 0.3) is 0 Å². The number of aromatic hydroxyl groups is 1. The second-order valence-electron chi connectivity index (χ2n) is 10.0. The first-order valence-electron chi connectivity index (χ1n) is 9.98. The summed E-state index contributed by atoms with van der Waals surface area (Å²) in [5, 5.41) is 9.77. The summed E-state index contributed by atoms with van der Waals surface area (Å²) in [5.41, 5.74) is 3.45. The molecule has 0 saturated heterocycles. The van der Waals surface area contributed by atoms with Gasteiger partial charge in [0.05, 0.1) is 12.2 Å². The average Bonchev–Trinajstić information content (AvgIpc) is 2.57. The third-order valence-electron chi connectivity index (χ3n) is 4.69. The predicted molar refractivity (Wildman–Crippen MR) is 116 cm³/mol. The van der Waals surface area contributed by atoms with Crippen molar-refractivity contribution in [1.29, 1.82) is 0 Å². The molecular weight excluding hydrogens is 348 g/mol. The molecule has 0 spiro atoms. The third-order valence-corrected chi connectivity index (χ3v) is 4.69. The van der Waals surface area contributed by atoms with Gasteiger partial charge in [0.2, 0.25) is 0 Å². The molecule has 0 aromatic heterocycles. The molecule has 1 atom stereocenters. The first-order chi connectivity index (χ1) is 12.9. The maximum Gasteiger partial charge on any atom is 0.338 e. The highest BCUT2D eigenvalue weighted by atomic mass is 16.5. The number of rotatable bonds is 5. The summed E-state index contributed by atoms with van der Waals surface area (Å²) in [6, 6.07) is 12.9. The topological polar surface area (TPSA) is 46.5 Å². The molecule has 2 rings (SSSR count). The summed E-state index contributed by atoms with van der Waals surface area (Å²) in [5.74, 6) is 0.271. The van der Waals surface area contributed by atoms with Gasteiger partial charge in [-0.3, -0.25) is 0 Å². The molecule has 3 heteroatoms. The van der Waals surface area contributed by atoms with E-state index >= 15 is 0 Å². The van der Waals surface area contributed by atoms with Crippen LogP contribution in [0.4, 0.5) is 0 Å². The lowest BCUT2D eigenvalue weighted by molar-refractivity contribution is 0.0418. The number of hydrogen-bond donors (Lipinski definition) is 1. The van der Waals surface area contributed by atoms with E-state index in [0.717, 1.165) is 23.1 Å². The molecule has 1 unspecified atom stereocenters. The van der Waals surface area contributed by atoms with Gasteiger partial charge in [0.1, 0.15) is 5.75 Å². The van der Waals surface area contributed by atoms with Crippen molar-refractivity contribution >= 4 is 5.97 Å². The SMILES string of the molecule is CC(COC(=O)c1ccc(-c2cccc(O)c2)cc1C(C)(C)C)CC(C)(C)C. The molecule has 0 bridgehead atoms. The van der Waals surface area contributed by atoms with Gasteiger partial charge in [-0.2, -0.15) is 0 Å². The Hall–Kier alpha value is -2.29. The van der Waals surface area contributed by atoms with Crippen molar-refractivity contribution in [2.75, 3.05) is 6.61 Å². The summed E-state index contributed by atoms with van der Waals surface area (Å²) in [7, 11) is 0. The number of phenolic OH excluding ortho intramolecular Hbond substituents is 1. The first-order valence-corrected chi connectivity index (χ1v) is 9.98. The summed E-state index contributed by atoms with van der Waals surface area (Å²) in [6.07, 6.45) is 1.00. The predicted octanol–water partition coefficient (Wildman–Crippen LogP) is 6.59. The number of ether oxygens (including phenoxy) is 1. The van der Waals surface area contributed by atoms with Crippen molar-refractivity contribution in [1.82, 2.24) is 0 Å². The molecule has 0 aliphatic rings. The largest absolute Gasteiger partial charge is 0.508 e. The molecule has 3 nitrogen and oxygen atoms in total. The molecule has 0 aliphatic heterocycles. The highest BCUT2D eigenvalue weighted by molar-refractivity contribution is 5.92. The Morgan fingerprint density at radius 3 is 2.21 bits per heavy atom. The molecule has 1 N–H and O–H groups in total. The van der Waals surface area contributed by atoms with Crippen molar-refractivity contribution < 1.29 is 14.6 Å². The Morgan fingerprint density at radius 1 is 1.00 bits per heavy atom. The van der Waals surface area contributed by atoms with Crippen LogP contribution in [0.1, 0.15) is 70.8 Å². The van der Waals surface area contributed by atoms with Crippen LogP contribution in [-0.4, -0.2) is 17.7 Å². The van der Waals surface area contributed by atoms with Crippen molar-refractivity contribution in [3.63, 3.8) is 0 Å². The normalized spacial score (nSPS) is 13.2. The number of carbonyl (C=O) groups excluding carboxylic acids is 1. The standard InChI is InChI=1S/C25H34O3/c1-17(15-24(2,3)4)16-28-23(27)21-12-11-19(14-22(21)25(5,6)7)18-9-8-10-20(26)13-18/h8-14,17,26H,15-16H2,1-7H3. The molecule has 152 valence electrons. The minimum atomic E-state index is -0.270. The lowest BCUT2D eigenvalue weighted by Crippen LogP contribution is -2.21. The van der Waals surface area contributed by atoms with E-state index in [9.17, 15) is 9.90 Å². The van der Waals surface area contributed by atoms with E-state index in [4.69, 9.17) is 4.74 Å². The van der Waals surface area contributed by atoms with E-state index in [1.54, 1.807) is 12.1 Å². The van der Waals surface area contributed by atoms with Crippen molar-refractivity contribution in [2.24, 2.45) is 11.3 Å². The average molecular weight is 383 g/mol. The van der Waals surface area contributed by atoms with Crippen LogP contribution in [-0.2, 0) is 10.2 Å². The zero-order valence-electron chi connectivity index (χ0n) is 18.3. The van der Waals surface area contributed by atoms with Crippen LogP contribution in [0, 0.1) is 11.3 Å². The smallest absolute Gasteiger partial charge is 0.338 e. The quantitative estimate of drug-likeness (QED) is 0.594. The van der Waals surface area contributed by atoms with Crippen LogP contribution in [0.15, 0.2) is 42.5 Å². The molecular formula is C25H34O3. The molecule has 0 aliphatic carbocycles. The maximum atomic E-state index is 12.8. The fraction of sp³-hybridized carbons (Fsp3) is 0.480. The monoisotopic (exact) mass is 382 g/mol. The van der Waals surface area contributed by atoms with Crippen LogP contribution in [0.25, 0.3) is 11.1 Å². The lowest BCUT2D eigenvalue weighted by atomic mass is 9.82. The van der Waals surface area contributed by atoms with Crippen molar-refractivity contribution in [3.8, 4) is 16.9 Å². The summed E-state index contributed by atoms with van der Waals surface area (Å²) >= 11 is 0. The van der Waals surface area contributed by atoms with Crippen LogP contribution < -0.4 is 0 Å². The van der Waals surface area contributed by atoms with E-state index in [0.29, 0.717) is 18.1 Å². The van der Waals surface area contributed by atoms with E-state index in [1.165, 1.54) is 0 Å². The number of phenols is 1. The van der Waals surface area contributed by atoms with Gasteiger partial charge in [-0.05, 0) is 64.1 Å². The van der Waals surface area contributed by atoms with Crippen LogP contribution in [0.3, 0.4) is 0 Å². The number of esters is 1. The number of benzene rings is 2. The fourth-order valence-electron chi connectivity index (χ4n) is 3.61. The molecule has 0 radical (unpaired) electrons. The molecule has 28 heavy (non-hydrogen) atoms. The van der Waals surface area contributed by atoms with Gasteiger partial charge >= 0.3 is 5.97 Å². The van der Waals surface area contributed by atoms with Crippen molar-refractivity contribution in [3.05, 3.63) is 53.6 Å². The first kappa shape index (κ1) is 22.0. The maximum absolute atomic E-state index is 12.8. The van der Waals surface area contributed by atoms with Gasteiger partial charge in [-0.1, -0.05) is 66.7 Å². The van der Waals surface area contributed by atoms with Gasteiger partial charge in [0.15, 0.2) is 0 Å². The molecule has 0 fully saturated rings. The fourth-order valence-corrected chi connectivity index (χ4v) is 3.61. The Bertz CT molecular complexity index is 822. The minimum Gasteiger partial charge on any atom is -0.508 e. The van der Waals surface area contributed by atoms with E-state index in [1.807, 2.05) is 30.3 Å². The Balaban J connectivity index is 2.27. The van der Waals surface area contributed by atoms with Crippen LogP contribution in [0.5, 0.6) is 5.75 Å². The zero-order valence-corrected chi connectivity index (χ0v) is 18.3. The van der Waals surface area contributed by atoms with E-state index in [-0.39, 0.29) is 22.5 Å². The summed E-state index contributed by atoms with van der Waals surface area (Å²) < 4.78 is 5.66. The minimum absolute atomic E-state index is 0.210. The molecule has 2 aromatic rings. The van der Waals surface area contributed by atoms with Gasteiger partial charge in [0, 0.05) is 0 Å².